The first-order chi connectivity index (χ1) is 10.5. The minimum atomic E-state index is -1.24. The molecular weight excluding hydrogens is 288 g/mol. The van der Waals surface area contributed by atoms with Crippen molar-refractivity contribution in [3.8, 4) is 5.75 Å². The van der Waals surface area contributed by atoms with E-state index >= 15 is 0 Å². The van der Waals surface area contributed by atoms with Gasteiger partial charge in [-0.3, -0.25) is 5.32 Å². The summed E-state index contributed by atoms with van der Waals surface area (Å²) in [5.74, 6) is -1.65. The monoisotopic (exact) mass is 310 g/mol. The molecule has 7 nitrogen and oxygen atoms in total. The molecule has 0 fully saturated rings. The van der Waals surface area contributed by atoms with Crippen molar-refractivity contribution in [1.82, 2.24) is 0 Å². The second kappa shape index (κ2) is 8.76. The summed E-state index contributed by atoms with van der Waals surface area (Å²) in [7, 11) is 0. The number of phenols is 1. The number of unbranched alkanes of at least 4 members (excludes halogenated alkanes) is 1. The van der Waals surface area contributed by atoms with Gasteiger partial charge in [-0.15, -0.1) is 0 Å². The molecule has 0 bridgehead atoms. The summed E-state index contributed by atoms with van der Waals surface area (Å²) in [6.07, 6.45) is 1.80. The van der Waals surface area contributed by atoms with Gasteiger partial charge in [0.1, 0.15) is 11.3 Å². The number of benzene rings is 1. The molecule has 122 valence electrons. The third-order valence-electron chi connectivity index (χ3n) is 2.93. The summed E-state index contributed by atoms with van der Waals surface area (Å²) >= 11 is 0. The molecule has 0 aliphatic heterocycles. The molecule has 0 saturated carbocycles. The fourth-order valence-electron chi connectivity index (χ4n) is 1.75. The number of nitrogens with one attached hydrogen (secondary N) is 2. The van der Waals surface area contributed by atoms with Gasteiger partial charge in [0.05, 0.1) is 12.3 Å². The predicted octanol–water partition coefficient (Wildman–Crippen LogP) is 3.26. The molecule has 0 aliphatic carbocycles. The van der Waals surface area contributed by atoms with Gasteiger partial charge in [-0.25, -0.2) is 9.59 Å². The molecule has 0 unspecified atom stereocenters. The first-order valence-corrected chi connectivity index (χ1v) is 7.28. The topological polar surface area (TPSA) is 108 Å². The van der Waals surface area contributed by atoms with Gasteiger partial charge in [0.15, 0.2) is 5.75 Å². The summed E-state index contributed by atoms with van der Waals surface area (Å²) in [5.41, 5.74) is 0.218. The van der Waals surface area contributed by atoms with Gasteiger partial charge >= 0.3 is 12.1 Å². The average Bonchev–Trinajstić information content (AvgIpc) is 2.46. The zero-order valence-corrected chi connectivity index (χ0v) is 12.8. The third-order valence-corrected chi connectivity index (χ3v) is 2.93. The van der Waals surface area contributed by atoms with Gasteiger partial charge < -0.3 is 20.3 Å². The smallest absolute Gasteiger partial charge is 0.411 e. The van der Waals surface area contributed by atoms with Crippen molar-refractivity contribution in [3.63, 3.8) is 0 Å². The first kappa shape index (κ1) is 17.6. The van der Waals surface area contributed by atoms with Gasteiger partial charge in [0, 0.05) is 6.54 Å². The fourth-order valence-corrected chi connectivity index (χ4v) is 1.75. The Bertz CT molecular complexity index is 531. The number of aromatic carboxylic acids is 1. The summed E-state index contributed by atoms with van der Waals surface area (Å²) in [4.78, 5) is 22.7. The lowest BCUT2D eigenvalue weighted by atomic mass is 10.1. The summed E-state index contributed by atoms with van der Waals surface area (Å²) in [6.45, 7) is 4.74. The van der Waals surface area contributed by atoms with E-state index in [2.05, 4.69) is 10.6 Å². The van der Waals surface area contributed by atoms with Crippen LogP contribution >= 0.6 is 0 Å². The SMILES string of the molecule is CCCCOC(=O)Nc1ccc(C(=O)O)c(O)c1NCCC. The lowest BCUT2D eigenvalue weighted by molar-refractivity contribution is 0.0694. The van der Waals surface area contributed by atoms with E-state index in [-0.39, 0.29) is 16.9 Å². The third kappa shape index (κ3) is 4.83. The van der Waals surface area contributed by atoms with Crippen LogP contribution in [-0.4, -0.2) is 35.4 Å². The summed E-state index contributed by atoms with van der Waals surface area (Å²) in [6, 6.07) is 2.65. The van der Waals surface area contributed by atoms with Crippen LogP contribution in [0.15, 0.2) is 12.1 Å². The Morgan fingerprint density at radius 3 is 2.55 bits per heavy atom. The van der Waals surface area contributed by atoms with Crippen molar-refractivity contribution < 1.29 is 24.5 Å². The standard InChI is InChI=1S/C15H22N2O5/c1-3-5-9-22-15(21)17-11-7-6-10(14(19)20)13(18)12(11)16-8-4-2/h6-7,16,18H,3-5,8-9H2,1-2H3,(H,17,21)(H,19,20). The van der Waals surface area contributed by atoms with Gasteiger partial charge in [0.25, 0.3) is 0 Å². The van der Waals surface area contributed by atoms with Gasteiger partial charge in [-0.05, 0) is 25.0 Å². The van der Waals surface area contributed by atoms with E-state index in [4.69, 9.17) is 9.84 Å². The van der Waals surface area contributed by atoms with E-state index in [1.807, 2.05) is 13.8 Å². The molecule has 0 aromatic heterocycles. The van der Waals surface area contributed by atoms with Crippen LogP contribution in [0.3, 0.4) is 0 Å². The minimum Gasteiger partial charge on any atom is -0.505 e. The molecule has 1 aromatic rings. The molecular formula is C15H22N2O5. The van der Waals surface area contributed by atoms with Gasteiger partial charge in [-0.2, -0.15) is 0 Å². The zero-order chi connectivity index (χ0) is 16.5. The van der Waals surface area contributed by atoms with Crippen LogP contribution in [-0.2, 0) is 4.74 Å². The molecule has 22 heavy (non-hydrogen) atoms. The molecule has 0 atom stereocenters. The number of carboxylic acid groups (broad SMARTS) is 1. The van der Waals surface area contributed by atoms with E-state index in [1.165, 1.54) is 12.1 Å². The van der Waals surface area contributed by atoms with Crippen molar-refractivity contribution in [3.05, 3.63) is 17.7 Å². The maximum Gasteiger partial charge on any atom is 0.411 e. The molecule has 4 N–H and O–H groups in total. The number of carboxylic acids is 1. The van der Waals surface area contributed by atoms with Crippen LogP contribution in [0, 0.1) is 0 Å². The highest BCUT2D eigenvalue weighted by Gasteiger charge is 2.18. The van der Waals surface area contributed by atoms with Crippen molar-refractivity contribution in [1.29, 1.82) is 0 Å². The Balaban J connectivity index is 2.94. The fraction of sp³-hybridized carbons (Fsp3) is 0.467. The van der Waals surface area contributed by atoms with Crippen molar-refractivity contribution in [2.75, 3.05) is 23.8 Å². The zero-order valence-electron chi connectivity index (χ0n) is 12.8. The van der Waals surface area contributed by atoms with Crippen LogP contribution in [0.25, 0.3) is 0 Å². The Morgan fingerprint density at radius 1 is 1.23 bits per heavy atom. The van der Waals surface area contributed by atoms with Gasteiger partial charge in [-0.1, -0.05) is 20.3 Å². The van der Waals surface area contributed by atoms with Crippen molar-refractivity contribution in [2.45, 2.75) is 33.1 Å². The van der Waals surface area contributed by atoms with Crippen LogP contribution in [0.5, 0.6) is 5.75 Å². The molecule has 0 aliphatic rings. The summed E-state index contributed by atoms with van der Waals surface area (Å²) < 4.78 is 4.99. The van der Waals surface area contributed by atoms with Crippen molar-refractivity contribution >= 4 is 23.4 Å². The van der Waals surface area contributed by atoms with Crippen LogP contribution in [0.4, 0.5) is 16.2 Å². The lowest BCUT2D eigenvalue weighted by Crippen LogP contribution is -2.16. The van der Waals surface area contributed by atoms with E-state index < -0.39 is 17.8 Å². The maximum atomic E-state index is 11.7. The number of amides is 1. The Kier molecular flexibility index (Phi) is 7.01. The largest absolute Gasteiger partial charge is 0.505 e. The number of carbonyl (C=O) groups is 2. The molecule has 0 radical (unpaired) electrons. The molecule has 1 aromatic carbocycles. The quantitative estimate of drug-likeness (QED) is 0.433. The Labute approximate surface area is 129 Å². The Morgan fingerprint density at radius 2 is 1.95 bits per heavy atom. The Hall–Kier alpha value is -2.44. The number of hydrogen-bond acceptors (Lipinski definition) is 5. The predicted molar refractivity (Wildman–Crippen MR) is 83.7 cm³/mol. The lowest BCUT2D eigenvalue weighted by Gasteiger charge is -2.15. The highest BCUT2D eigenvalue weighted by atomic mass is 16.5. The van der Waals surface area contributed by atoms with Crippen LogP contribution in [0.1, 0.15) is 43.5 Å². The molecule has 7 heteroatoms. The number of carbonyl (C=O) groups excluding carboxylic acids is 1. The van der Waals surface area contributed by atoms with Crippen LogP contribution in [0.2, 0.25) is 0 Å². The normalized spacial score (nSPS) is 10.1. The number of anilines is 2. The molecule has 0 saturated heterocycles. The maximum absolute atomic E-state index is 11.7. The second-order valence-electron chi connectivity index (χ2n) is 4.73. The first-order valence-electron chi connectivity index (χ1n) is 7.28. The highest BCUT2D eigenvalue weighted by molar-refractivity contribution is 5.98. The number of hydrogen-bond donors (Lipinski definition) is 4. The number of rotatable bonds is 8. The number of aromatic hydroxyl groups is 1. The van der Waals surface area contributed by atoms with E-state index in [0.717, 1.165) is 19.3 Å². The molecule has 1 amide bonds. The minimum absolute atomic E-state index is 0.175. The number of ether oxygens (including phenoxy) is 1. The molecule has 0 spiro atoms. The molecule has 1 rings (SSSR count). The average molecular weight is 310 g/mol. The van der Waals surface area contributed by atoms with Crippen LogP contribution < -0.4 is 10.6 Å². The van der Waals surface area contributed by atoms with Gasteiger partial charge in [0.2, 0.25) is 0 Å². The van der Waals surface area contributed by atoms with E-state index in [0.29, 0.717) is 13.2 Å². The van der Waals surface area contributed by atoms with E-state index in [9.17, 15) is 14.7 Å². The highest BCUT2D eigenvalue weighted by Crippen LogP contribution is 2.35. The molecule has 0 heterocycles. The summed E-state index contributed by atoms with van der Waals surface area (Å²) in [5, 5.41) is 24.5. The second-order valence-corrected chi connectivity index (χ2v) is 4.73. The van der Waals surface area contributed by atoms with E-state index in [1.54, 1.807) is 0 Å². The van der Waals surface area contributed by atoms with Crippen molar-refractivity contribution in [2.24, 2.45) is 0 Å².